The molecule has 2 aromatic rings. The van der Waals surface area contributed by atoms with Gasteiger partial charge in [-0.1, -0.05) is 6.92 Å². The fraction of sp³-hybridized carbons (Fsp3) is 0.667. The molecule has 130 valence electrons. The Kier molecular flexibility index (Phi) is 5.08. The fourth-order valence-electron chi connectivity index (χ4n) is 3.74. The van der Waals surface area contributed by atoms with E-state index in [1.165, 1.54) is 41.5 Å². The first-order valence-electron chi connectivity index (χ1n) is 9.01. The number of aromatic nitrogens is 2. The number of hydrogen-bond acceptors (Lipinski definition) is 6. The summed E-state index contributed by atoms with van der Waals surface area (Å²) in [7, 11) is 0. The van der Waals surface area contributed by atoms with Gasteiger partial charge in [-0.25, -0.2) is 9.97 Å². The van der Waals surface area contributed by atoms with Crippen molar-refractivity contribution in [2.45, 2.75) is 50.6 Å². The predicted molar refractivity (Wildman–Crippen MR) is 101 cm³/mol. The van der Waals surface area contributed by atoms with Crippen molar-refractivity contribution in [3.05, 3.63) is 16.3 Å². The average Bonchev–Trinajstić information content (AvgIpc) is 3.15. The van der Waals surface area contributed by atoms with E-state index in [4.69, 9.17) is 9.97 Å². The van der Waals surface area contributed by atoms with E-state index in [1.54, 1.807) is 11.8 Å². The van der Waals surface area contributed by atoms with Crippen LogP contribution in [0.2, 0.25) is 0 Å². The second kappa shape index (κ2) is 7.28. The van der Waals surface area contributed by atoms with E-state index in [0.717, 1.165) is 47.7 Å². The smallest absolute Gasteiger partial charge is 0.145 e. The Morgan fingerprint density at radius 3 is 2.88 bits per heavy atom. The number of piperidine rings is 1. The standard InChI is InChI=1S/C18H25N3OS2/c1-12-5-7-21(8-6-12)11-15-19-17(23-10-9-22)16-13-3-2-4-14(13)24-18(16)20-15/h12,22H,2-11H2,1H3. The summed E-state index contributed by atoms with van der Waals surface area (Å²) in [5.41, 5.74) is 1.48. The van der Waals surface area contributed by atoms with Crippen LogP contribution in [0.25, 0.3) is 10.2 Å². The minimum Gasteiger partial charge on any atom is -0.396 e. The molecule has 6 heteroatoms. The molecular formula is C18H25N3OS2. The molecule has 1 N–H and O–H groups in total. The molecule has 0 amide bonds. The molecule has 0 radical (unpaired) electrons. The first-order valence-corrected chi connectivity index (χ1v) is 10.8. The summed E-state index contributed by atoms with van der Waals surface area (Å²) in [4.78, 5) is 15.0. The second-order valence-corrected chi connectivity index (χ2v) is 9.18. The van der Waals surface area contributed by atoms with Crippen molar-refractivity contribution in [2.24, 2.45) is 5.92 Å². The third-order valence-electron chi connectivity index (χ3n) is 5.15. The van der Waals surface area contributed by atoms with Crippen molar-refractivity contribution in [1.82, 2.24) is 14.9 Å². The molecule has 0 aromatic carbocycles. The van der Waals surface area contributed by atoms with Gasteiger partial charge in [-0.3, -0.25) is 4.90 Å². The Hall–Kier alpha value is -0.690. The Morgan fingerprint density at radius 2 is 2.08 bits per heavy atom. The van der Waals surface area contributed by atoms with E-state index < -0.39 is 0 Å². The Balaban J connectivity index is 1.64. The molecule has 0 bridgehead atoms. The summed E-state index contributed by atoms with van der Waals surface area (Å²) in [5, 5.41) is 11.6. The molecule has 0 saturated carbocycles. The number of aryl methyl sites for hydroxylation is 2. The SMILES string of the molecule is CC1CCN(Cc2nc(SCCO)c3c4c(sc3n2)CCC4)CC1. The van der Waals surface area contributed by atoms with Crippen molar-refractivity contribution >= 4 is 33.3 Å². The van der Waals surface area contributed by atoms with E-state index in [1.807, 2.05) is 11.3 Å². The normalized spacial score (nSPS) is 19.2. The highest BCUT2D eigenvalue weighted by atomic mass is 32.2. The number of aliphatic hydroxyl groups excluding tert-OH is 1. The van der Waals surface area contributed by atoms with Crippen LogP contribution in [0.3, 0.4) is 0 Å². The Labute approximate surface area is 151 Å². The van der Waals surface area contributed by atoms with Gasteiger partial charge in [-0.05, 0) is 56.7 Å². The number of nitrogens with zero attached hydrogens (tertiary/aromatic N) is 3. The summed E-state index contributed by atoms with van der Waals surface area (Å²) < 4.78 is 0. The van der Waals surface area contributed by atoms with Crippen LogP contribution in [-0.4, -0.2) is 45.4 Å². The van der Waals surface area contributed by atoms with Crippen LogP contribution in [-0.2, 0) is 19.4 Å². The van der Waals surface area contributed by atoms with E-state index in [-0.39, 0.29) is 6.61 Å². The zero-order valence-corrected chi connectivity index (χ0v) is 15.9. The predicted octanol–water partition coefficient (Wildman–Crippen LogP) is 3.50. The molecule has 3 heterocycles. The largest absolute Gasteiger partial charge is 0.396 e. The lowest BCUT2D eigenvalue weighted by Crippen LogP contribution is -2.33. The topological polar surface area (TPSA) is 49.2 Å². The van der Waals surface area contributed by atoms with Crippen LogP contribution in [0.15, 0.2) is 5.03 Å². The molecule has 0 unspecified atom stereocenters. The van der Waals surface area contributed by atoms with Gasteiger partial charge in [0.25, 0.3) is 0 Å². The number of thiophene rings is 1. The van der Waals surface area contributed by atoms with Gasteiger partial charge in [0, 0.05) is 16.0 Å². The van der Waals surface area contributed by atoms with Crippen molar-refractivity contribution in [3.8, 4) is 0 Å². The molecule has 1 aliphatic carbocycles. The minimum absolute atomic E-state index is 0.196. The number of likely N-dealkylation sites (tertiary alicyclic amines) is 1. The first kappa shape index (κ1) is 16.8. The maximum Gasteiger partial charge on any atom is 0.145 e. The monoisotopic (exact) mass is 363 g/mol. The minimum atomic E-state index is 0.196. The highest BCUT2D eigenvalue weighted by molar-refractivity contribution is 7.99. The van der Waals surface area contributed by atoms with Crippen LogP contribution in [0.4, 0.5) is 0 Å². The van der Waals surface area contributed by atoms with E-state index in [0.29, 0.717) is 5.75 Å². The second-order valence-electron chi connectivity index (χ2n) is 7.01. The molecule has 4 nitrogen and oxygen atoms in total. The van der Waals surface area contributed by atoms with E-state index in [9.17, 15) is 5.11 Å². The van der Waals surface area contributed by atoms with Gasteiger partial charge in [0.05, 0.1) is 13.2 Å². The summed E-state index contributed by atoms with van der Waals surface area (Å²) in [6.07, 6.45) is 6.17. The number of hydrogen-bond donors (Lipinski definition) is 1. The molecule has 0 spiro atoms. The molecule has 2 aromatic heterocycles. The third-order valence-corrected chi connectivity index (χ3v) is 7.29. The highest BCUT2D eigenvalue weighted by Crippen LogP contribution is 2.40. The number of aliphatic hydroxyl groups is 1. The van der Waals surface area contributed by atoms with Gasteiger partial charge in [0.15, 0.2) is 0 Å². The van der Waals surface area contributed by atoms with Gasteiger partial charge in [0.1, 0.15) is 15.7 Å². The van der Waals surface area contributed by atoms with Gasteiger partial charge in [-0.2, -0.15) is 0 Å². The average molecular weight is 364 g/mol. The van der Waals surface area contributed by atoms with E-state index in [2.05, 4.69) is 11.8 Å². The van der Waals surface area contributed by atoms with Gasteiger partial charge in [-0.15, -0.1) is 23.1 Å². The highest BCUT2D eigenvalue weighted by Gasteiger charge is 2.23. The van der Waals surface area contributed by atoms with Crippen molar-refractivity contribution in [3.63, 3.8) is 0 Å². The van der Waals surface area contributed by atoms with Crippen molar-refractivity contribution in [2.75, 3.05) is 25.4 Å². The lowest BCUT2D eigenvalue weighted by molar-refractivity contribution is 0.181. The van der Waals surface area contributed by atoms with Crippen LogP contribution in [0, 0.1) is 5.92 Å². The molecule has 1 saturated heterocycles. The van der Waals surface area contributed by atoms with Crippen molar-refractivity contribution < 1.29 is 5.11 Å². The Morgan fingerprint density at radius 1 is 1.25 bits per heavy atom. The summed E-state index contributed by atoms with van der Waals surface area (Å²) >= 11 is 3.55. The van der Waals surface area contributed by atoms with Gasteiger partial charge < -0.3 is 5.11 Å². The zero-order chi connectivity index (χ0) is 16.5. The van der Waals surface area contributed by atoms with Crippen LogP contribution < -0.4 is 0 Å². The Bertz CT molecular complexity index is 723. The lowest BCUT2D eigenvalue weighted by atomic mass is 9.99. The third kappa shape index (κ3) is 3.34. The first-order chi connectivity index (χ1) is 11.7. The van der Waals surface area contributed by atoms with E-state index >= 15 is 0 Å². The maximum atomic E-state index is 9.23. The number of rotatable bonds is 5. The molecule has 0 atom stereocenters. The zero-order valence-electron chi connectivity index (χ0n) is 14.3. The molecular weight excluding hydrogens is 338 g/mol. The number of thioether (sulfide) groups is 1. The molecule has 2 aliphatic rings. The summed E-state index contributed by atoms with van der Waals surface area (Å²) in [5.74, 6) is 2.51. The lowest BCUT2D eigenvalue weighted by Gasteiger charge is -2.29. The summed E-state index contributed by atoms with van der Waals surface area (Å²) in [6, 6.07) is 0. The molecule has 24 heavy (non-hydrogen) atoms. The molecule has 1 fully saturated rings. The quantitative estimate of drug-likeness (QED) is 0.651. The van der Waals surface area contributed by atoms with Crippen LogP contribution in [0.5, 0.6) is 0 Å². The van der Waals surface area contributed by atoms with Gasteiger partial charge >= 0.3 is 0 Å². The number of fused-ring (bicyclic) bond motifs is 3. The van der Waals surface area contributed by atoms with Crippen molar-refractivity contribution in [1.29, 1.82) is 0 Å². The van der Waals surface area contributed by atoms with Crippen LogP contribution >= 0.6 is 23.1 Å². The molecule has 4 rings (SSSR count). The van der Waals surface area contributed by atoms with Gasteiger partial charge in [0.2, 0.25) is 0 Å². The maximum absolute atomic E-state index is 9.23. The van der Waals surface area contributed by atoms with Crippen LogP contribution in [0.1, 0.15) is 42.5 Å². The molecule has 1 aliphatic heterocycles. The summed E-state index contributed by atoms with van der Waals surface area (Å²) in [6.45, 7) is 5.71. The fourth-order valence-corrected chi connectivity index (χ4v) is 5.91.